The highest BCUT2D eigenvalue weighted by atomic mass is 16.3. The van der Waals surface area contributed by atoms with Crippen molar-refractivity contribution < 1.29 is 10.2 Å². The average Bonchev–Trinajstić information content (AvgIpc) is 2.04. The molecular formula is C11H20O2. The maximum Gasteiger partial charge on any atom is 0.0755 e. The van der Waals surface area contributed by atoms with Crippen LogP contribution in [0, 0.1) is 5.92 Å². The first kappa shape index (κ1) is 12.4. The van der Waals surface area contributed by atoms with E-state index < -0.39 is 6.10 Å². The third-order valence-electron chi connectivity index (χ3n) is 1.91. The maximum absolute atomic E-state index is 9.42. The van der Waals surface area contributed by atoms with Gasteiger partial charge in [0.05, 0.1) is 12.2 Å². The van der Waals surface area contributed by atoms with E-state index in [9.17, 15) is 10.2 Å². The summed E-state index contributed by atoms with van der Waals surface area (Å²) in [4.78, 5) is 0. The first-order valence-electron chi connectivity index (χ1n) is 4.71. The second-order valence-electron chi connectivity index (χ2n) is 3.57. The predicted octanol–water partition coefficient (Wildman–Crippen LogP) is 1.89. The highest BCUT2D eigenvalue weighted by molar-refractivity contribution is 4.93. The largest absolute Gasteiger partial charge is 0.393 e. The van der Waals surface area contributed by atoms with E-state index in [1.807, 2.05) is 19.9 Å². The SMILES string of the molecule is C=CCC(O)/C=C/CC(O)C(C)C. The molecule has 0 aromatic heterocycles. The van der Waals surface area contributed by atoms with Crippen molar-refractivity contribution in [3.63, 3.8) is 0 Å². The molecule has 0 heterocycles. The second kappa shape index (κ2) is 6.87. The minimum absolute atomic E-state index is 0.265. The Morgan fingerprint density at radius 2 is 1.85 bits per heavy atom. The Morgan fingerprint density at radius 1 is 1.23 bits per heavy atom. The van der Waals surface area contributed by atoms with Crippen molar-refractivity contribution in [2.45, 2.75) is 38.9 Å². The van der Waals surface area contributed by atoms with Gasteiger partial charge >= 0.3 is 0 Å². The van der Waals surface area contributed by atoms with Crippen molar-refractivity contribution in [2.75, 3.05) is 0 Å². The van der Waals surface area contributed by atoms with Gasteiger partial charge in [-0.05, 0) is 18.8 Å². The molecule has 2 atom stereocenters. The molecule has 0 aromatic rings. The average molecular weight is 184 g/mol. The van der Waals surface area contributed by atoms with Crippen LogP contribution in [0.2, 0.25) is 0 Å². The van der Waals surface area contributed by atoms with Crippen LogP contribution in [0.15, 0.2) is 24.8 Å². The Morgan fingerprint density at radius 3 is 2.31 bits per heavy atom. The molecule has 0 bridgehead atoms. The van der Waals surface area contributed by atoms with E-state index in [4.69, 9.17) is 0 Å². The van der Waals surface area contributed by atoms with Crippen LogP contribution in [0.25, 0.3) is 0 Å². The van der Waals surface area contributed by atoms with Crippen molar-refractivity contribution in [3.05, 3.63) is 24.8 Å². The van der Waals surface area contributed by atoms with E-state index in [0.29, 0.717) is 12.8 Å². The fourth-order valence-electron chi connectivity index (χ4n) is 0.897. The van der Waals surface area contributed by atoms with Crippen LogP contribution in [-0.4, -0.2) is 22.4 Å². The van der Waals surface area contributed by atoms with Gasteiger partial charge in [0.2, 0.25) is 0 Å². The lowest BCUT2D eigenvalue weighted by Crippen LogP contribution is -2.13. The molecule has 13 heavy (non-hydrogen) atoms. The summed E-state index contributed by atoms with van der Waals surface area (Å²) in [5, 5.41) is 18.7. The molecule has 76 valence electrons. The fraction of sp³-hybridized carbons (Fsp3) is 0.636. The predicted molar refractivity (Wildman–Crippen MR) is 55.4 cm³/mol. The van der Waals surface area contributed by atoms with Gasteiger partial charge in [0.25, 0.3) is 0 Å². The lowest BCUT2D eigenvalue weighted by molar-refractivity contribution is 0.128. The number of hydrogen-bond donors (Lipinski definition) is 2. The number of aliphatic hydroxyl groups excluding tert-OH is 2. The van der Waals surface area contributed by atoms with Gasteiger partial charge in [-0.3, -0.25) is 0 Å². The summed E-state index contributed by atoms with van der Waals surface area (Å²) in [6, 6.07) is 0. The van der Waals surface area contributed by atoms with Crippen molar-refractivity contribution in [2.24, 2.45) is 5.92 Å². The molecule has 0 saturated carbocycles. The van der Waals surface area contributed by atoms with Crippen LogP contribution in [0.3, 0.4) is 0 Å². The van der Waals surface area contributed by atoms with Crippen molar-refractivity contribution in [1.82, 2.24) is 0 Å². The van der Waals surface area contributed by atoms with E-state index >= 15 is 0 Å². The minimum Gasteiger partial charge on any atom is -0.393 e. The van der Waals surface area contributed by atoms with Crippen molar-refractivity contribution in [3.8, 4) is 0 Å². The van der Waals surface area contributed by atoms with Gasteiger partial charge in [-0.1, -0.05) is 32.1 Å². The smallest absolute Gasteiger partial charge is 0.0755 e. The van der Waals surface area contributed by atoms with Crippen LogP contribution in [-0.2, 0) is 0 Å². The molecule has 0 aromatic carbocycles. The van der Waals surface area contributed by atoms with Gasteiger partial charge in [0.15, 0.2) is 0 Å². The number of rotatable bonds is 6. The molecule has 0 aliphatic heterocycles. The Kier molecular flexibility index (Phi) is 6.55. The molecule has 0 amide bonds. The lowest BCUT2D eigenvalue weighted by atomic mass is 10.0. The van der Waals surface area contributed by atoms with E-state index in [1.54, 1.807) is 12.2 Å². The van der Waals surface area contributed by atoms with Gasteiger partial charge in [-0.25, -0.2) is 0 Å². The Hall–Kier alpha value is -0.600. The number of aliphatic hydroxyl groups is 2. The quantitative estimate of drug-likeness (QED) is 0.619. The van der Waals surface area contributed by atoms with Gasteiger partial charge in [0, 0.05) is 0 Å². The van der Waals surface area contributed by atoms with Crippen LogP contribution in [0.5, 0.6) is 0 Å². The van der Waals surface area contributed by atoms with E-state index in [2.05, 4.69) is 6.58 Å². The van der Waals surface area contributed by atoms with E-state index in [-0.39, 0.29) is 12.0 Å². The molecule has 2 nitrogen and oxygen atoms in total. The van der Waals surface area contributed by atoms with Gasteiger partial charge in [0.1, 0.15) is 0 Å². The third kappa shape index (κ3) is 6.55. The summed E-state index contributed by atoms with van der Waals surface area (Å²) < 4.78 is 0. The summed E-state index contributed by atoms with van der Waals surface area (Å²) in [5.74, 6) is 0.265. The molecule has 0 radical (unpaired) electrons. The molecule has 0 fully saturated rings. The first-order chi connectivity index (χ1) is 6.07. The Balaban J connectivity index is 3.67. The molecule has 0 aliphatic carbocycles. The highest BCUT2D eigenvalue weighted by Gasteiger charge is 2.06. The van der Waals surface area contributed by atoms with Gasteiger partial charge in [-0.15, -0.1) is 6.58 Å². The topological polar surface area (TPSA) is 40.5 Å². The molecular weight excluding hydrogens is 164 g/mol. The summed E-state index contributed by atoms with van der Waals surface area (Å²) in [6.45, 7) is 7.47. The maximum atomic E-state index is 9.42. The Bertz CT molecular complexity index is 161. The summed E-state index contributed by atoms with van der Waals surface area (Å²) >= 11 is 0. The summed E-state index contributed by atoms with van der Waals surface area (Å²) in [7, 11) is 0. The number of hydrogen-bond acceptors (Lipinski definition) is 2. The van der Waals surface area contributed by atoms with Gasteiger partial charge < -0.3 is 10.2 Å². The van der Waals surface area contributed by atoms with E-state index in [1.165, 1.54) is 0 Å². The molecule has 0 aliphatic rings. The van der Waals surface area contributed by atoms with E-state index in [0.717, 1.165) is 0 Å². The van der Waals surface area contributed by atoms with Crippen molar-refractivity contribution >= 4 is 0 Å². The molecule has 0 rings (SSSR count). The second-order valence-corrected chi connectivity index (χ2v) is 3.57. The summed E-state index contributed by atoms with van der Waals surface area (Å²) in [6.07, 6.45) is 5.59. The standard InChI is InChI=1S/C11H20O2/c1-4-6-10(12)7-5-8-11(13)9(2)3/h4-5,7,9-13H,1,6,8H2,2-3H3/b7-5+. The zero-order chi connectivity index (χ0) is 10.3. The highest BCUT2D eigenvalue weighted by Crippen LogP contribution is 2.06. The zero-order valence-electron chi connectivity index (χ0n) is 8.48. The van der Waals surface area contributed by atoms with Crippen LogP contribution >= 0.6 is 0 Å². The van der Waals surface area contributed by atoms with Crippen LogP contribution < -0.4 is 0 Å². The molecule has 0 saturated heterocycles. The summed E-state index contributed by atoms with van der Waals surface area (Å²) in [5.41, 5.74) is 0. The lowest BCUT2D eigenvalue weighted by Gasteiger charge is -2.11. The molecule has 2 unspecified atom stereocenters. The Labute approximate surface area is 80.6 Å². The van der Waals surface area contributed by atoms with Crippen LogP contribution in [0.1, 0.15) is 26.7 Å². The molecule has 2 N–H and O–H groups in total. The molecule has 2 heteroatoms. The minimum atomic E-state index is -0.461. The zero-order valence-corrected chi connectivity index (χ0v) is 8.48. The molecule has 0 spiro atoms. The fourth-order valence-corrected chi connectivity index (χ4v) is 0.897. The monoisotopic (exact) mass is 184 g/mol. The van der Waals surface area contributed by atoms with Crippen LogP contribution in [0.4, 0.5) is 0 Å². The van der Waals surface area contributed by atoms with Crippen molar-refractivity contribution in [1.29, 1.82) is 0 Å². The first-order valence-corrected chi connectivity index (χ1v) is 4.71. The van der Waals surface area contributed by atoms with Gasteiger partial charge in [-0.2, -0.15) is 0 Å². The normalized spacial score (nSPS) is 16.4. The third-order valence-corrected chi connectivity index (χ3v) is 1.91.